The first-order valence-electron chi connectivity index (χ1n) is 18.3. The highest BCUT2D eigenvalue weighted by Gasteiger charge is 2.58. The lowest BCUT2D eigenvalue weighted by Gasteiger charge is -2.45. The predicted octanol–water partition coefficient (Wildman–Crippen LogP) is 4.83. The monoisotopic (exact) mass is 697 g/mol. The number of fused-ring (bicyclic) bond motifs is 2. The van der Waals surface area contributed by atoms with Gasteiger partial charge in [0.25, 0.3) is 0 Å². The molecule has 1 aromatic rings. The van der Waals surface area contributed by atoms with Crippen LogP contribution in [0.5, 0.6) is 0 Å². The van der Waals surface area contributed by atoms with Gasteiger partial charge in [-0.15, -0.1) is 0 Å². The highest BCUT2D eigenvalue weighted by atomic mass is 32.2. The van der Waals surface area contributed by atoms with Crippen molar-refractivity contribution in [3.05, 3.63) is 35.4 Å². The van der Waals surface area contributed by atoms with Crippen LogP contribution in [0.3, 0.4) is 0 Å². The summed E-state index contributed by atoms with van der Waals surface area (Å²) in [5.74, 6) is 1.48. The number of nitrogens with zero attached hydrogens (tertiary/aromatic N) is 1. The van der Waals surface area contributed by atoms with E-state index in [0.29, 0.717) is 83.0 Å². The lowest BCUT2D eigenvalue weighted by Crippen LogP contribution is -2.60. The molecule has 11 heteroatoms. The van der Waals surface area contributed by atoms with Crippen LogP contribution in [0.25, 0.3) is 0 Å². The Morgan fingerprint density at radius 1 is 0.857 bits per heavy atom. The largest absolute Gasteiger partial charge is 0.379 e. The van der Waals surface area contributed by atoms with Crippen LogP contribution in [0.1, 0.15) is 96.1 Å². The molecule has 49 heavy (non-hydrogen) atoms. The van der Waals surface area contributed by atoms with Crippen LogP contribution in [0.2, 0.25) is 0 Å². The smallest absolute Gasteiger partial charge is 0.315 e. The maximum absolute atomic E-state index is 12.7. The minimum absolute atomic E-state index is 0.0586. The van der Waals surface area contributed by atoms with Gasteiger partial charge in [-0.1, -0.05) is 44.5 Å². The third-order valence-electron chi connectivity index (χ3n) is 11.0. The van der Waals surface area contributed by atoms with Crippen LogP contribution < -0.4 is 10.6 Å². The lowest BCUT2D eigenvalue weighted by molar-refractivity contribution is -0.157. The molecule has 0 aromatic heterocycles. The van der Waals surface area contributed by atoms with Crippen molar-refractivity contribution < 1.29 is 33.4 Å². The fourth-order valence-electron chi connectivity index (χ4n) is 7.75. The zero-order valence-electron chi connectivity index (χ0n) is 29.5. The van der Waals surface area contributed by atoms with Gasteiger partial charge < -0.3 is 25.0 Å². The number of β-lactam (4-membered cyclic amide) rings is 1. The Labute approximate surface area is 295 Å². The molecule has 4 fully saturated rings. The molecule has 270 valence electrons. The Hall–Kier alpha value is -2.76. The molecule has 1 aromatic carbocycles. The molecule has 6 atom stereocenters. The van der Waals surface area contributed by atoms with Crippen molar-refractivity contribution >= 4 is 41.0 Å². The van der Waals surface area contributed by atoms with E-state index >= 15 is 0 Å². The molecular weight excluding hydrogens is 642 g/mol. The topological polar surface area (TPSA) is 131 Å². The Kier molecular flexibility index (Phi) is 13.3. The number of Topliss-reactive ketones (excluding diaryl/α,β-unsaturated/α-hetero) is 3. The number of amides is 3. The van der Waals surface area contributed by atoms with E-state index in [2.05, 4.69) is 31.4 Å². The van der Waals surface area contributed by atoms with Crippen molar-refractivity contribution in [3.8, 4) is 0 Å². The minimum Gasteiger partial charge on any atom is -0.379 e. The molecule has 0 saturated carbocycles. The minimum atomic E-state index is -0.150. The summed E-state index contributed by atoms with van der Waals surface area (Å²) in [6.07, 6.45) is 7.79. The van der Waals surface area contributed by atoms with E-state index in [4.69, 9.17) is 9.47 Å². The van der Waals surface area contributed by atoms with Gasteiger partial charge in [0.1, 0.15) is 17.3 Å². The first-order chi connectivity index (χ1) is 23.5. The fraction of sp³-hybridized carbons (Fsp3) is 0.711. The van der Waals surface area contributed by atoms with E-state index in [0.717, 1.165) is 42.6 Å². The summed E-state index contributed by atoms with van der Waals surface area (Å²) in [5, 5.41) is 6.41. The third-order valence-corrected chi connectivity index (χ3v) is 12.5. The third kappa shape index (κ3) is 10.2. The molecule has 3 amide bonds. The van der Waals surface area contributed by atoms with Crippen LogP contribution in [0, 0.1) is 11.3 Å². The molecule has 4 saturated heterocycles. The van der Waals surface area contributed by atoms with E-state index in [1.807, 2.05) is 40.9 Å². The van der Waals surface area contributed by atoms with Crippen molar-refractivity contribution in [2.24, 2.45) is 11.3 Å². The van der Waals surface area contributed by atoms with Crippen LogP contribution in [0.4, 0.5) is 4.79 Å². The molecular formula is C38H55N3O7S. The van der Waals surface area contributed by atoms with Gasteiger partial charge in [-0.25, -0.2) is 4.79 Å². The number of unbranched alkanes of at least 4 members (excludes halogenated alkanes) is 1. The highest BCUT2D eigenvalue weighted by molar-refractivity contribution is 8.00. The second-order valence-corrected chi connectivity index (χ2v) is 16.3. The van der Waals surface area contributed by atoms with E-state index in [1.54, 1.807) is 0 Å². The van der Waals surface area contributed by atoms with Crippen molar-refractivity contribution in [2.45, 2.75) is 127 Å². The van der Waals surface area contributed by atoms with Crippen LogP contribution in [-0.4, -0.2) is 95.8 Å². The van der Waals surface area contributed by atoms with E-state index in [1.165, 1.54) is 0 Å². The SMILES string of the molecule is C[C@@H]1N2C(=O)[C@@H](CC(=O)CCc3ccc(CC(=O)CCOCCOCCCC(=O)CCCCC4SCC5NC(=O)NC54)cc3)[C@H]2CC1(C)C. The van der Waals surface area contributed by atoms with Crippen molar-refractivity contribution in [1.82, 2.24) is 15.5 Å². The van der Waals surface area contributed by atoms with Gasteiger partial charge in [-0.05, 0) is 55.6 Å². The Morgan fingerprint density at radius 3 is 2.35 bits per heavy atom. The van der Waals surface area contributed by atoms with E-state index in [9.17, 15) is 24.0 Å². The summed E-state index contributed by atoms with van der Waals surface area (Å²) < 4.78 is 11.2. The standard InChI is InChI=1S/C38H55N3O7S/c1-25-38(2,3)23-33-31(36(45)41(25)33)22-29(43)15-14-26-10-12-27(13-11-26)21-30(44)16-18-48-20-19-47-17-6-8-28(42)7-4-5-9-34-35-32(24-49-34)39-37(46)40-35/h10-13,25,31-35H,4-9,14-24H2,1-3H3,(H2,39,40,46)/t25-,31-,32?,33+,34?,35?/m0/s1. The molecule has 0 aliphatic carbocycles. The maximum atomic E-state index is 12.7. The molecule has 5 rings (SSSR count). The molecule has 3 unspecified atom stereocenters. The Bertz CT molecular complexity index is 1330. The zero-order valence-corrected chi connectivity index (χ0v) is 30.3. The Morgan fingerprint density at radius 2 is 1.57 bits per heavy atom. The lowest BCUT2D eigenvalue weighted by atomic mass is 9.80. The Balaban J connectivity index is 0.826. The number of ether oxygens (including phenoxy) is 2. The average molecular weight is 698 g/mol. The molecule has 10 nitrogen and oxygen atoms in total. The second kappa shape index (κ2) is 17.4. The summed E-state index contributed by atoms with van der Waals surface area (Å²) >= 11 is 1.91. The van der Waals surface area contributed by atoms with Gasteiger partial charge in [0.15, 0.2) is 0 Å². The van der Waals surface area contributed by atoms with Crippen molar-refractivity contribution in [1.29, 1.82) is 0 Å². The molecule has 0 spiro atoms. The van der Waals surface area contributed by atoms with Gasteiger partial charge in [0.2, 0.25) is 5.91 Å². The predicted molar refractivity (Wildman–Crippen MR) is 190 cm³/mol. The number of ketones is 3. The van der Waals surface area contributed by atoms with Gasteiger partial charge in [0.05, 0.1) is 37.8 Å². The van der Waals surface area contributed by atoms with E-state index < -0.39 is 0 Å². The summed E-state index contributed by atoms with van der Waals surface area (Å²) in [7, 11) is 0. The van der Waals surface area contributed by atoms with Gasteiger partial charge >= 0.3 is 6.03 Å². The highest BCUT2D eigenvalue weighted by Crippen LogP contribution is 2.50. The quantitative estimate of drug-likeness (QED) is 0.100. The number of aryl methyl sites for hydroxylation is 1. The van der Waals surface area contributed by atoms with E-state index in [-0.39, 0.29) is 64.8 Å². The molecule has 4 aliphatic heterocycles. The van der Waals surface area contributed by atoms with Crippen molar-refractivity contribution in [2.75, 3.05) is 32.2 Å². The molecule has 0 bridgehead atoms. The maximum Gasteiger partial charge on any atom is 0.315 e. The van der Waals surface area contributed by atoms with Crippen LogP contribution >= 0.6 is 11.8 Å². The second-order valence-electron chi connectivity index (χ2n) is 15.0. The molecule has 2 N–H and O–H groups in total. The number of thioether (sulfide) groups is 1. The van der Waals surface area contributed by atoms with Gasteiger partial charge in [-0.3, -0.25) is 19.2 Å². The van der Waals surface area contributed by atoms with Gasteiger partial charge in [0, 0.05) is 68.2 Å². The number of carbonyl (C=O) groups excluding carboxylic acids is 5. The normalized spacial score (nSPS) is 26.6. The summed E-state index contributed by atoms with van der Waals surface area (Å²) in [6.45, 7) is 8.23. The number of urea groups is 1. The van der Waals surface area contributed by atoms with Crippen molar-refractivity contribution in [3.63, 3.8) is 0 Å². The summed E-state index contributed by atoms with van der Waals surface area (Å²) in [6, 6.07) is 8.72. The summed E-state index contributed by atoms with van der Waals surface area (Å²) in [5.41, 5.74) is 2.10. The number of benzene rings is 1. The molecule has 4 heterocycles. The molecule has 4 aliphatic rings. The number of rotatable bonds is 22. The fourth-order valence-corrected chi connectivity index (χ4v) is 9.29. The number of hydrogen-bond donors (Lipinski definition) is 2. The molecule has 0 radical (unpaired) electrons. The van der Waals surface area contributed by atoms with Crippen LogP contribution in [-0.2, 0) is 41.5 Å². The number of hydrogen-bond acceptors (Lipinski definition) is 8. The first-order valence-corrected chi connectivity index (χ1v) is 19.4. The van der Waals surface area contributed by atoms with Gasteiger partial charge in [-0.2, -0.15) is 11.8 Å². The number of nitrogens with one attached hydrogen (secondary N) is 2. The van der Waals surface area contributed by atoms with Crippen LogP contribution in [0.15, 0.2) is 24.3 Å². The number of carbonyl (C=O) groups is 5. The average Bonchev–Trinajstić information content (AvgIpc) is 3.69. The summed E-state index contributed by atoms with van der Waals surface area (Å²) in [4.78, 5) is 63.4. The zero-order chi connectivity index (χ0) is 35.0. The first kappa shape index (κ1) is 37.5.